The van der Waals surface area contributed by atoms with Gasteiger partial charge in [-0.15, -0.1) is 0 Å². The van der Waals surface area contributed by atoms with Gasteiger partial charge in [-0.25, -0.2) is 0 Å². The minimum absolute atomic E-state index is 0.0610. The van der Waals surface area contributed by atoms with Crippen LogP contribution in [0.4, 0.5) is 11.4 Å². The molecule has 0 aliphatic heterocycles. The van der Waals surface area contributed by atoms with Gasteiger partial charge in [0.1, 0.15) is 12.3 Å². The number of benzene rings is 1. The standard InChI is InChI=1S/C13H15ClN4O2/c1-8-10(14)6-18(17-8)7-13(19)16-11-5-9(15)3-4-12(11)20-2/h3-6H,7,15H2,1-2H3,(H,16,19). The number of nitrogens with one attached hydrogen (secondary N) is 1. The lowest BCUT2D eigenvalue weighted by molar-refractivity contribution is -0.116. The van der Waals surface area contributed by atoms with Crippen molar-refractivity contribution in [2.75, 3.05) is 18.2 Å². The van der Waals surface area contributed by atoms with Crippen molar-refractivity contribution in [1.29, 1.82) is 0 Å². The van der Waals surface area contributed by atoms with E-state index in [1.807, 2.05) is 0 Å². The number of halogens is 1. The van der Waals surface area contributed by atoms with Crippen LogP contribution in [0.15, 0.2) is 24.4 Å². The van der Waals surface area contributed by atoms with Gasteiger partial charge >= 0.3 is 0 Å². The summed E-state index contributed by atoms with van der Waals surface area (Å²) in [6.45, 7) is 1.84. The molecule has 106 valence electrons. The smallest absolute Gasteiger partial charge is 0.246 e. The van der Waals surface area contributed by atoms with Gasteiger partial charge in [0.05, 0.1) is 23.5 Å². The molecule has 0 atom stereocenters. The molecule has 1 amide bonds. The maximum absolute atomic E-state index is 12.0. The van der Waals surface area contributed by atoms with Gasteiger partial charge in [0, 0.05) is 11.9 Å². The van der Waals surface area contributed by atoms with E-state index >= 15 is 0 Å². The molecule has 0 spiro atoms. The number of ether oxygens (including phenoxy) is 1. The second-order valence-corrected chi connectivity index (χ2v) is 4.68. The van der Waals surface area contributed by atoms with Crippen molar-refractivity contribution >= 4 is 28.9 Å². The van der Waals surface area contributed by atoms with Crippen LogP contribution < -0.4 is 15.8 Å². The quantitative estimate of drug-likeness (QED) is 0.846. The number of carbonyl (C=O) groups excluding carboxylic acids is 1. The number of methoxy groups -OCH3 is 1. The fraction of sp³-hybridized carbons (Fsp3) is 0.231. The molecule has 0 saturated heterocycles. The molecule has 6 nitrogen and oxygen atoms in total. The third-order valence-electron chi connectivity index (χ3n) is 2.69. The maximum atomic E-state index is 12.0. The molecule has 3 N–H and O–H groups in total. The van der Waals surface area contributed by atoms with Crippen molar-refractivity contribution in [3.05, 3.63) is 35.1 Å². The lowest BCUT2D eigenvalue weighted by atomic mass is 10.2. The number of carbonyl (C=O) groups is 1. The minimum Gasteiger partial charge on any atom is -0.495 e. The Morgan fingerprint density at radius 1 is 1.55 bits per heavy atom. The Hall–Kier alpha value is -2.21. The molecule has 0 saturated carbocycles. The Balaban J connectivity index is 2.10. The Morgan fingerprint density at radius 3 is 2.90 bits per heavy atom. The van der Waals surface area contributed by atoms with Crippen molar-refractivity contribution in [3.63, 3.8) is 0 Å². The SMILES string of the molecule is COc1ccc(N)cc1NC(=O)Cn1cc(Cl)c(C)n1. The lowest BCUT2D eigenvalue weighted by Crippen LogP contribution is -2.19. The van der Waals surface area contributed by atoms with E-state index in [0.29, 0.717) is 27.8 Å². The predicted molar refractivity (Wildman–Crippen MR) is 78.0 cm³/mol. The van der Waals surface area contributed by atoms with E-state index in [0.717, 1.165) is 0 Å². The van der Waals surface area contributed by atoms with E-state index in [1.54, 1.807) is 31.3 Å². The van der Waals surface area contributed by atoms with Crippen molar-refractivity contribution in [2.24, 2.45) is 0 Å². The average Bonchev–Trinajstić information content (AvgIpc) is 2.68. The van der Waals surface area contributed by atoms with Crippen LogP contribution in [0.1, 0.15) is 5.69 Å². The number of amides is 1. The number of aryl methyl sites for hydroxylation is 1. The Labute approximate surface area is 121 Å². The third-order valence-corrected chi connectivity index (χ3v) is 3.06. The van der Waals surface area contributed by atoms with Crippen LogP contribution in [0.2, 0.25) is 5.02 Å². The molecule has 0 radical (unpaired) electrons. The van der Waals surface area contributed by atoms with E-state index in [2.05, 4.69) is 10.4 Å². The normalized spacial score (nSPS) is 10.3. The van der Waals surface area contributed by atoms with Gasteiger partial charge in [-0.05, 0) is 25.1 Å². The number of hydrogen-bond acceptors (Lipinski definition) is 4. The largest absolute Gasteiger partial charge is 0.495 e. The molecule has 20 heavy (non-hydrogen) atoms. The van der Waals surface area contributed by atoms with Crippen LogP contribution in [0.25, 0.3) is 0 Å². The van der Waals surface area contributed by atoms with Crippen LogP contribution in [0, 0.1) is 6.92 Å². The van der Waals surface area contributed by atoms with Gasteiger partial charge in [-0.3, -0.25) is 9.48 Å². The van der Waals surface area contributed by atoms with Crippen molar-refractivity contribution in [1.82, 2.24) is 9.78 Å². The first-order chi connectivity index (χ1) is 9.49. The number of nitrogens with two attached hydrogens (primary N) is 1. The van der Waals surface area contributed by atoms with Gasteiger partial charge in [0.15, 0.2) is 0 Å². The molecule has 0 aliphatic rings. The van der Waals surface area contributed by atoms with Gasteiger partial charge in [0.2, 0.25) is 5.91 Å². The monoisotopic (exact) mass is 294 g/mol. The highest BCUT2D eigenvalue weighted by Crippen LogP contribution is 2.26. The summed E-state index contributed by atoms with van der Waals surface area (Å²) in [4.78, 5) is 12.0. The van der Waals surface area contributed by atoms with Gasteiger partial charge < -0.3 is 15.8 Å². The molecule has 0 aliphatic carbocycles. The molecule has 1 aromatic heterocycles. The van der Waals surface area contributed by atoms with E-state index in [9.17, 15) is 4.79 Å². The Bertz CT molecular complexity index is 620. The zero-order valence-electron chi connectivity index (χ0n) is 11.2. The van der Waals surface area contributed by atoms with Crippen LogP contribution in [-0.4, -0.2) is 22.8 Å². The first kappa shape index (κ1) is 14.2. The highest BCUT2D eigenvalue weighted by atomic mass is 35.5. The number of nitrogen functional groups attached to an aromatic ring is 1. The van der Waals surface area contributed by atoms with E-state index < -0.39 is 0 Å². The molecule has 0 bridgehead atoms. The van der Waals surface area contributed by atoms with Crippen LogP contribution in [0.3, 0.4) is 0 Å². The zero-order chi connectivity index (χ0) is 14.7. The van der Waals surface area contributed by atoms with Crippen LogP contribution >= 0.6 is 11.6 Å². The minimum atomic E-state index is -0.243. The Morgan fingerprint density at radius 2 is 2.30 bits per heavy atom. The van der Waals surface area contributed by atoms with E-state index in [1.165, 1.54) is 11.8 Å². The fourth-order valence-electron chi connectivity index (χ4n) is 1.73. The summed E-state index contributed by atoms with van der Waals surface area (Å²) >= 11 is 5.89. The summed E-state index contributed by atoms with van der Waals surface area (Å²) < 4.78 is 6.64. The maximum Gasteiger partial charge on any atom is 0.246 e. The van der Waals surface area contributed by atoms with Gasteiger partial charge in [0.25, 0.3) is 0 Å². The molecular weight excluding hydrogens is 280 g/mol. The van der Waals surface area contributed by atoms with Crippen LogP contribution in [0.5, 0.6) is 5.75 Å². The predicted octanol–water partition coefficient (Wildman–Crippen LogP) is 2.07. The molecular formula is C13H15ClN4O2. The number of rotatable bonds is 4. The molecule has 2 rings (SSSR count). The van der Waals surface area contributed by atoms with Crippen molar-refractivity contribution in [2.45, 2.75) is 13.5 Å². The zero-order valence-corrected chi connectivity index (χ0v) is 11.9. The number of hydrogen-bond donors (Lipinski definition) is 2. The molecule has 2 aromatic rings. The van der Waals surface area contributed by atoms with E-state index in [-0.39, 0.29) is 12.5 Å². The Kier molecular flexibility index (Phi) is 4.14. The van der Waals surface area contributed by atoms with Gasteiger partial charge in [-0.2, -0.15) is 5.10 Å². The average molecular weight is 295 g/mol. The summed E-state index contributed by atoms with van der Waals surface area (Å²) in [6, 6.07) is 5.03. The second-order valence-electron chi connectivity index (χ2n) is 4.27. The topological polar surface area (TPSA) is 82.2 Å². The number of nitrogens with zero attached hydrogens (tertiary/aromatic N) is 2. The fourth-order valence-corrected chi connectivity index (χ4v) is 1.89. The number of aromatic nitrogens is 2. The molecule has 1 heterocycles. The molecule has 0 fully saturated rings. The first-order valence-electron chi connectivity index (χ1n) is 5.92. The van der Waals surface area contributed by atoms with E-state index in [4.69, 9.17) is 22.1 Å². The summed E-state index contributed by atoms with van der Waals surface area (Å²) in [5.41, 5.74) is 7.43. The van der Waals surface area contributed by atoms with Gasteiger partial charge in [-0.1, -0.05) is 11.6 Å². The molecule has 1 aromatic carbocycles. The third kappa shape index (κ3) is 3.21. The molecule has 0 unspecified atom stereocenters. The second kappa shape index (κ2) is 5.83. The highest BCUT2D eigenvalue weighted by molar-refractivity contribution is 6.31. The first-order valence-corrected chi connectivity index (χ1v) is 6.30. The summed E-state index contributed by atoms with van der Waals surface area (Å²) in [6.07, 6.45) is 1.60. The van der Waals surface area contributed by atoms with Crippen molar-refractivity contribution < 1.29 is 9.53 Å². The summed E-state index contributed by atoms with van der Waals surface area (Å²) in [7, 11) is 1.53. The van der Waals surface area contributed by atoms with Crippen molar-refractivity contribution in [3.8, 4) is 5.75 Å². The lowest BCUT2D eigenvalue weighted by Gasteiger charge is -2.10. The summed E-state index contributed by atoms with van der Waals surface area (Å²) in [5.74, 6) is 0.301. The van der Waals surface area contributed by atoms with Crippen LogP contribution in [-0.2, 0) is 11.3 Å². The summed E-state index contributed by atoms with van der Waals surface area (Å²) in [5, 5.41) is 7.38. The number of anilines is 2. The molecule has 7 heteroatoms. The highest BCUT2D eigenvalue weighted by Gasteiger charge is 2.10.